The van der Waals surface area contributed by atoms with Gasteiger partial charge in [-0.25, -0.2) is 0 Å². The van der Waals surface area contributed by atoms with Gasteiger partial charge in [0.15, 0.2) is 0 Å². The van der Waals surface area contributed by atoms with Crippen molar-refractivity contribution >= 4 is 35.1 Å². The zero-order chi connectivity index (χ0) is 32.5. The van der Waals surface area contributed by atoms with E-state index in [1.165, 1.54) is 0 Å². The number of ether oxygens (including phenoxy) is 1. The summed E-state index contributed by atoms with van der Waals surface area (Å²) in [4.78, 5) is 42.8. The van der Waals surface area contributed by atoms with Gasteiger partial charge in [0.25, 0.3) is 17.7 Å². The fourth-order valence-corrected chi connectivity index (χ4v) is 5.28. The molecule has 5 N–H and O–H groups in total. The average molecular weight is 608 g/mol. The zero-order valence-corrected chi connectivity index (χ0v) is 26.6. The van der Waals surface area contributed by atoms with Crippen molar-refractivity contribution in [1.82, 2.24) is 20.9 Å². The number of amides is 3. The maximum absolute atomic E-state index is 13.4. The number of nitrogens with one attached hydrogen (secondary N) is 5. The molecule has 0 bridgehead atoms. The van der Waals surface area contributed by atoms with Crippen molar-refractivity contribution in [3.63, 3.8) is 0 Å². The Labute approximate surface area is 264 Å². The van der Waals surface area contributed by atoms with Gasteiger partial charge in [-0.05, 0) is 75.8 Å². The molecule has 9 heteroatoms. The molecule has 1 aliphatic heterocycles. The van der Waals surface area contributed by atoms with E-state index in [1.807, 2.05) is 95.5 Å². The van der Waals surface area contributed by atoms with E-state index >= 15 is 0 Å². The van der Waals surface area contributed by atoms with Crippen molar-refractivity contribution in [2.24, 2.45) is 0 Å². The maximum atomic E-state index is 13.4. The molecule has 5 rings (SSSR count). The number of carbonyl (C=O) groups excluding carboxylic acids is 3. The van der Waals surface area contributed by atoms with Crippen LogP contribution in [0.3, 0.4) is 0 Å². The van der Waals surface area contributed by atoms with Gasteiger partial charge >= 0.3 is 0 Å². The van der Waals surface area contributed by atoms with Crippen LogP contribution in [0.15, 0.2) is 78.9 Å². The summed E-state index contributed by atoms with van der Waals surface area (Å²) in [6, 6.07) is 24.0. The SMILES string of the molecule is CNC.COCC(NC(=O)c1c(C)[nH]c(/C=C2\C(=O)Nc3ccc(C(=O)NC(C)c4ccccc4)cc32)c1C)c1ccccc1. The van der Waals surface area contributed by atoms with Crippen LogP contribution >= 0.6 is 0 Å². The smallest absolute Gasteiger partial charge is 0.256 e. The van der Waals surface area contributed by atoms with Crippen molar-refractivity contribution in [2.45, 2.75) is 32.9 Å². The highest BCUT2D eigenvalue weighted by Gasteiger charge is 2.27. The lowest BCUT2D eigenvalue weighted by atomic mass is 10.0. The summed E-state index contributed by atoms with van der Waals surface area (Å²) in [7, 11) is 5.35. The minimum atomic E-state index is -0.319. The quantitative estimate of drug-likeness (QED) is 0.159. The average Bonchev–Trinajstić information content (AvgIpc) is 3.50. The van der Waals surface area contributed by atoms with Crippen LogP contribution in [0.1, 0.15) is 73.4 Å². The first-order chi connectivity index (χ1) is 21.7. The molecule has 0 saturated heterocycles. The van der Waals surface area contributed by atoms with Crippen molar-refractivity contribution in [3.8, 4) is 0 Å². The monoisotopic (exact) mass is 607 g/mol. The number of hydrogen-bond acceptors (Lipinski definition) is 5. The molecule has 0 fully saturated rings. The van der Waals surface area contributed by atoms with E-state index in [9.17, 15) is 14.4 Å². The lowest BCUT2D eigenvalue weighted by molar-refractivity contribution is -0.110. The molecular formula is C36H41N5O4. The first kappa shape index (κ1) is 32.9. The van der Waals surface area contributed by atoms with Crippen molar-refractivity contribution < 1.29 is 19.1 Å². The van der Waals surface area contributed by atoms with Gasteiger partial charge in [-0.15, -0.1) is 0 Å². The standard InChI is InChI=1S/C34H34N4O4.C2H7N/c1-20-29(35-22(3)31(20)34(41)38-30(19-42-4)24-13-9-6-10-14-24)18-27-26-17-25(15-16-28(26)37-33(27)40)32(39)36-21(2)23-11-7-5-8-12-23;1-3-2/h5-18,21,30,35H,19H2,1-4H3,(H,36,39)(H,37,40)(H,38,41);3H,1-2H3/b27-18-;. The highest BCUT2D eigenvalue weighted by Crippen LogP contribution is 2.35. The number of carbonyl (C=O) groups is 3. The van der Waals surface area contributed by atoms with Crippen LogP contribution < -0.4 is 21.3 Å². The van der Waals surface area contributed by atoms with Crippen LogP contribution in [-0.4, -0.2) is 50.5 Å². The summed E-state index contributed by atoms with van der Waals surface area (Å²) < 4.78 is 5.36. The number of H-pyrrole nitrogens is 1. The van der Waals surface area contributed by atoms with E-state index < -0.39 is 0 Å². The molecule has 2 heterocycles. The lowest BCUT2D eigenvalue weighted by Crippen LogP contribution is -2.31. The molecule has 0 saturated carbocycles. The molecule has 9 nitrogen and oxygen atoms in total. The van der Waals surface area contributed by atoms with Crippen molar-refractivity contribution in [3.05, 3.63) is 124 Å². The number of methoxy groups -OCH3 is 1. The Morgan fingerprint density at radius 2 is 1.51 bits per heavy atom. The molecule has 45 heavy (non-hydrogen) atoms. The van der Waals surface area contributed by atoms with Gasteiger partial charge in [0.05, 0.1) is 29.8 Å². The molecule has 0 aliphatic carbocycles. The fraction of sp³-hybridized carbons (Fsp3) is 0.250. The van der Waals surface area contributed by atoms with Gasteiger partial charge in [0, 0.05) is 35.3 Å². The largest absolute Gasteiger partial charge is 0.382 e. The van der Waals surface area contributed by atoms with E-state index in [4.69, 9.17) is 4.74 Å². The molecule has 3 amide bonds. The van der Waals surface area contributed by atoms with Gasteiger partial charge < -0.3 is 31.0 Å². The highest BCUT2D eigenvalue weighted by molar-refractivity contribution is 6.35. The summed E-state index contributed by atoms with van der Waals surface area (Å²) >= 11 is 0. The Morgan fingerprint density at radius 3 is 2.13 bits per heavy atom. The predicted molar refractivity (Wildman–Crippen MR) is 179 cm³/mol. The van der Waals surface area contributed by atoms with Crippen LogP contribution in [0.2, 0.25) is 0 Å². The Kier molecular flexibility index (Phi) is 11.1. The zero-order valence-electron chi connectivity index (χ0n) is 26.6. The molecule has 2 unspecified atom stereocenters. The number of rotatable bonds is 9. The summed E-state index contributed by atoms with van der Waals surface area (Å²) in [5.74, 6) is -0.746. The van der Waals surface area contributed by atoms with Crippen LogP contribution in [0.5, 0.6) is 0 Å². The molecule has 2 atom stereocenters. The Balaban J connectivity index is 0.00000148. The van der Waals surface area contributed by atoms with Gasteiger partial charge in [0.1, 0.15) is 0 Å². The van der Waals surface area contributed by atoms with Crippen LogP contribution in [0.25, 0.3) is 11.6 Å². The third kappa shape index (κ3) is 7.75. The summed E-state index contributed by atoms with van der Waals surface area (Å²) in [6.45, 7) is 5.93. The van der Waals surface area contributed by atoms with Crippen molar-refractivity contribution in [1.29, 1.82) is 0 Å². The number of aromatic amines is 1. The summed E-state index contributed by atoms with van der Waals surface area (Å²) in [6.07, 6.45) is 1.73. The first-order valence-electron chi connectivity index (χ1n) is 14.8. The summed E-state index contributed by atoms with van der Waals surface area (Å²) in [5, 5.41) is 11.7. The van der Waals surface area contributed by atoms with E-state index in [1.54, 1.807) is 31.4 Å². The Hall–Kier alpha value is -4.99. The number of aryl methyl sites for hydroxylation is 1. The van der Waals surface area contributed by atoms with Crippen LogP contribution in [0, 0.1) is 13.8 Å². The molecule has 1 aliphatic rings. The molecule has 4 aromatic rings. The topological polar surface area (TPSA) is 124 Å². The molecule has 1 aromatic heterocycles. The van der Waals surface area contributed by atoms with E-state index in [0.29, 0.717) is 51.5 Å². The minimum Gasteiger partial charge on any atom is -0.382 e. The second-order valence-electron chi connectivity index (χ2n) is 10.9. The molecular weight excluding hydrogens is 566 g/mol. The van der Waals surface area contributed by atoms with E-state index in [-0.39, 0.29) is 29.8 Å². The fourth-order valence-electron chi connectivity index (χ4n) is 5.28. The van der Waals surface area contributed by atoms with Crippen LogP contribution in [0.4, 0.5) is 5.69 Å². The van der Waals surface area contributed by atoms with Gasteiger partial charge in [-0.3, -0.25) is 14.4 Å². The normalized spacial score (nSPS) is 14.1. The number of benzene rings is 3. The van der Waals surface area contributed by atoms with Gasteiger partial charge in [-0.2, -0.15) is 0 Å². The second-order valence-corrected chi connectivity index (χ2v) is 10.9. The summed E-state index contributed by atoms with van der Waals surface area (Å²) in [5.41, 5.74) is 6.61. The first-order valence-corrected chi connectivity index (χ1v) is 14.8. The van der Waals surface area contributed by atoms with E-state index in [0.717, 1.165) is 11.1 Å². The maximum Gasteiger partial charge on any atom is 0.256 e. The minimum absolute atomic E-state index is 0.179. The van der Waals surface area contributed by atoms with E-state index in [2.05, 4.69) is 26.3 Å². The van der Waals surface area contributed by atoms with Gasteiger partial charge in [-0.1, -0.05) is 60.7 Å². The number of fused-ring (bicyclic) bond motifs is 1. The third-order valence-electron chi connectivity index (χ3n) is 7.54. The third-order valence-corrected chi connectivity index (χ3v) is 7.54. The Bertz CT molecular complexity index is 1680. The number of aromatic nitrogens is 1. The van der Waals surface area contributed by atoms with Crippen molar-refractivity contribution in [2.75, 3.05) is 33.1 Å². The Morgan fingerprint density at radius 1 is 0.889 bits per heavy atom. The lowest BCUT2D eigenvalue weighted by Gasteiger charge is -2.18. The molecule has 0 radical (unpaired) electrons. The van der Waals surface area contributed by atoms with Gasteiger partial charge in [0.2, 0.25) is 0 Å². The second kappa shape index (κ2) is 15.1. The predicted octanol–water partition coefficient (Wildman–Crippen LogP) is 5.57. The molecule has 234 valence electrons. The number of hydrogen-bond donors (Lipinski definition) is 5. The molecule has 3 aromatic carbocycles. The molecule has 0 spiro atoms. The highest BCUT2D eigenvalue weighted by atomic mass is 16.5. The number of anilines is 1. The van der Waals surface area contributed by atoms with Crippen LogP contribution in [-0.2, 0) is 9.53 Å².